The van der Waals surface area contributed by atoms with Gasteiger partial charge >= 0.3 is 0 Å². The van der Waals surface area contributed by atoms with Crippen LogP contribution in [0.1, 0.15) is 57.6 Å². The number of rotatable bonds is 5. The van der Waals surface area contributed by atoms with Crippen LogP contribution >= 0.6 is 0 Å². The molecule has 116 valence electrons. The molecule has 2 unspecified atom stereocenters. The fourth-order valence-corrected chi connectivity index (χ4v) is 3.25. The Bertz CT molecular complexity index is 470. The third-order valence-corrected chi connectivity index (χ3v) is 4.65. The summed E-state index contributed by atoms with van der Waals surface area (Å²) >= 11 is 0. The minimum absolute atomic E-state index is 0.0875. The van der Waals surface area contributed by atoms with Crippen LogP contribution in [0.25, 0.3) is 0 Å². The number of hydrogen-bond donors (Lipinski definition) is 3. The van der Waals surface area contributed by atoms with Crippen molar-refractivity contribution >= 4 is 5.84 Å². The van der Waals surface area contributed by atoms with Crippen LogP contribution in [0.15, 0.2) is 35.5 Å². The number of amidine groups is 1. The van der Waals surface area contributed by atoms with Gasteiger partial charge in [-0.15, -0.1) is 0 Å². The van der Waals surface area contributed by atoms with Gasteiger partial charge in [0, 0.05) is 18.5 Å². The quantitative estimate of drug-likeness (QED) is 0.336. The van der Waals surface area contributed by atoms with Crippen LogP contribution in [0.3, 0.4) is 0 Å². The van der Waals surface area contributed by atoms with Gasteiger partial charge < -0.3 is 16.3 Å². The van der Waals surface area contributed by atoms with Gasteiger partial charge in [-0.3, -0.25) is 0 Å². The molecule has 2 rings (SSSR count). The lowest BCUT2D eigenvalue weighted by Crippen LogP contribution is -2.46. The summed E-state index contributed by atoms with van der Waals surface area (Å²) in [5.74, 6) is 0.268. The molecule has 0 amide bonds. The standard InChI is InChI=1S/C17H27N3O/c1-17(2)11-7-6-10-15(17)19-14(12-16(18)20-21)13-8-4-3-5-9-13/h3-5,8-9,14-15,19,21H,6-7,10-12H2,1-2H3,(H2,18,20). The summed E-state index contributed by atoms with van der Waals surface area (Å²) in [5.41, 5.74) is 7.22. The van der Waals surface area contributed by atoms with Crippen molar-refractivity contribution in [3.8, 4) is 0 Å². The number of nitrogens with zero attached hydrogens (tertiary/aromatic N) is 1. The first kappa shape index (κ1) is 15.8. The number of nitrogens with two attached hydrogens (primary N) is 1. The minimum Gasteiger partial charge on any atom is -0.409 e. The molecule has 0 spiro atoms. The molecule has 1 aliphatic carbocycles. The van der Waals surface area contributed by atoms with Crippen LogP contribution < -0.4 is 11.1 Å². The molecule has 1 aliphatic rings. The lowest BCUT2D eigenvalue weighted by molar-refractivity contribution is 0.155. The van der Waals surface area contributed by atoms with E-state index in [2.05, 4.69) is 36.5 Å². The largest absolute Gasteiger partial charge is 0.409 e. The molecule has 21 heavy (non-hydrogen) atoms. The van der Waals surface area contributed by atoms with Crippen LogP contribution in [-0.4, -0.2) is 17.1 Å². The Labute approximate surface area is 127 Å². The second kappa shape index (κ2) is 6.94. The van der Waals surface area contributed by atoms with E-state index in [1.165, 1.54) is 31.2 Å². The van der Waals surface area contributed by atoms with Crippen LogP contribution in [0.2, 0.25) is 0 Å². The first-order valence-corrected chi connectivity index (χ1v) is 7.80. The molecule has 0 bridgehead atoms. The number of benzene rings is 1. The molecule has 1 aromatic carbocycles. The third-order valence-electron chi connectivity index (χ3n) is 4.65. The summed E-state index contributed by atoms with van der Waals surface area (Å²) in [7, 11) is 0. The van der Waals surface area contributed by atoms with Crippen LogP contribution in [-0.2, 0) is 0 Å². The van der Waals surface area contributed by atoms with E-state index in [1.807, 2.05) is 18.2 Å². The van der Waals surface area contributed by atoms with E-state index in [-0.39, 0.29) is 17.3 Å². The van der Waals surface area contributed by atoms with Gasteiger partial charge in [-0.05, 0) is 23.8 Å². The zero-order valence-corrected chi connectivity index (χ0v) is 13.0. The van der Waals surface area contributed by atoms with Crippen molar-refractivity contribution < 1.29 is 5.21 Å². The van der Waals surface area contributed by atoms with Crippen molar-refractivity contribution in [2.24, 2.45) is 16.3 Å². The maximum atomic E-state index is 8.87. The molecule has 4 nitrogen and oxygen atoms in total. The Hall–Kier alpha value is -1.55. The second-order valence-electron chi connectivity index (χ2n) is 6.71. The summed E-state index contributed by atoms with van der Waals surface area (Å²) in [5, 5.41) is 15.8. The molecule has 0 aliphatic heterocycles. The molecule has 0 saturated heterocycles. The maximum absolute atomic E-state index is 8.87. The second-order valence-corrected chi connectivity index (χ2v) is 6.71. The number of nitrogens with one attached hydrogen (secondary N) is 1. The van der Waals surface area contributed by atoms with Crippen LogP contribution in [0, 0.1) is 5.41 Å². The zero-order valence-electron chi connectivity index (χ0n) is 13.0. The smallest absolute Gasteiger partial charge is 0.141 e. The molecule has 0 heterocycles. The predicted molar refractivity (Wildman–Crippen MR) is 86.4 cm³/mol. The van der Waals surface area contributed by atoms with Crippen molar-refractivity contribution in [3.05, 3.63) is 35.9 Å². The summed E-state index contributed by atoms with van der Waals surface area (Å²) in [6.45, 7) is 4.66. The van der Waals surface area contributed by atoms with Crippen LogP contribution in [0.5, 0.6) is 0 Å². The van der Waals surface area contributed by atoms with Crippen LogP contribution in [0.4, 0.5) is 0 Å². The third kappa shape index (κ3) is 4.21. The van der Waals surface area contributed by atoms with Crippen molar-refractivity contribution in [2.45, 2.75) is 58.0 Å². The summed E-state index contributed by atoms with van der Waals surface area (Å²) < 4.78 is 0. The van der Waals surface area contributed by atoms with Gasteiger partial charge in [0.05, 0.1) is 0 Å². The summed E-state index contributed by atoms with van der Waals surface area (Å²) in [6, 6.07) is 10.8. The van der Waals surface area contributed by atoms with Crippen molar-refractivity contribution in [3.63, 3.8) is 0 Å². The van der Waals surface area contributed by atoms with E-state index in [4.69, 9.17) is 10.9 Å². The molecule has 0 radical (unpaired) electrons. The number of oxime groups is 1. The monoisotopic (exact) mass is 289 g/mol. The molecule has 4 heteroatoms. The van der Waals surface area contributed by atoms with E-state index in [0.717, 1.165) is 0 Å². The van der Waals surface area contributed by atoms with E-state index < -0.39 is 0 Å². The SMILES string of the molecule is CC1(C)CCCCC1NC(CC(N)=NO)c1ccccc1. The first-order chi connectivity index (χ1) is 10.0. The fourth-order valence-electron chi connectivity index (χ4n) is 3.25. The topological polar surface area (TPSA) is 70.6 Å². The van der Waals surface area contributed by atoms with E-state index in [1.54, 1.807) is 0 Å². The van der Waals surface area contributed by atoms with Gasteiger partial charge in [0.2, 0.25) is 0 Å². The van der Waals surface area contributed by atoms with Gasteiger partial charge in [0.15, 0.2) is 0 Å². The van der Waals surface area contributed by atoms with Gasteiger partial charge in [0.1, 0.15) is 5.84 Å². The molecule has 1 saturated carbocycles. The lowest BCUT2D eigenvalue weighted by atomic mass is 9.73. The Morgan fingerprint density at radius 3 is 2.71 bits per heavy atom. The fraction of sp³-hybridized carbons (Fsp3) is 0.588. The van der Waals surface area contributed by atoms with E-state index >= 15 is 0 Å². The molecule has 0 aromatic heterocycles. The Balaban J connectivity index is 2.16. The summed E-state index contributed by atoms with van der Waals surface area (Å²) in [6.07, 6.45) is 5.53. The van der Waals surface area contributed by atoms with Gasteiger partial charge in [-0.2, -0.15) is 0 Å². The average Bonchev–Trinajstić information content (AvgIpc) is 2.49. The normalized spacial score (nSPS) is 23.7. The number of hydrogen-bond acceptors (Lipinski definition) is 3. The van der Waals surface area contributed by atoms with Crippen molar-refractivity contribution in [1.82, 2.24) is 5.32 Å². The average molecular weight is 289 g/mol. The van der Waals surface area contributed by atoms with Gasteiger partial charge in [-0.25, -0.2) is 0 Å². The molecular weight excluding hydrogens is 262 g/mol. The Kier molecular flexibility index (Phi) is 5.23. The Morgan fingerprint density at radius 1 is 1.38 bits per heavy atom. The molecule has 1 aromatic rings. The highest BCUT2D eigenvalue weighted by Crippen LogP contribution is 2.37. The molecule has 1 fully saturated rings. The van der Waals surface area contributed by atoms with Crippen molar-refractivity contribution in [2.75, 3.05) is 0 Å². The lowest BCUT2D eigenvalue weighted by Gasteiger charge is -2.41. The summed E-state index contributed by atoms with van der Waals surface area (Å²) in [4.78, 5) is 0. The predicted octanol–water partition coefficient (Wildman–Crippen LogP) is 3.42. The van der Waals surface area contributed by atoms with E-state index in [9.17, 15) is 0 Å². The van der Waals surface area contributed by atoms with Gasteiger partial charge in [-0.1, -0.05) is 62.2 Å². The maximum Gasteiger partial charge on any atom is 0.141 e. The van der Waals surface area contributed by atoms with Crippen molar-refractivity contribution in [1.29, 1.82) is 0 Å². The Morgan fingerprint density at radius 2 is 2.10 bits per heavy atom. The first-order valence-electron chi connectivity index (χ1n) is 7.80. The van der Waals surface area contributed by atoms with E-state index in [0.29, 0.717) is 12.5 Å². The molecule has 2 atom stereocenters. The zero-order chi connectivity index (χ0) is 15.3. The minimum atomic E-state index is 0.0875. The highest BCUT2D eigenvalue weighted by Gasteiger charge is 2.33. The molecular formula is C17H27N3O. The molecule has 4 N–H and O–H groups in total. The van der Waals surface area contributed by atoms with Gasteiger partial charge in [0.25, 0.3) is 0 Å². The highest BCUT2D eigenvalue weighted by atomic mass is 16.4. The highest BCUT2D eigenvalue weighted by molar-refractivity contribution is 5.80.